The predicted octanol–water partition coefficient (Wildman–Crippen LogP) is 3.92. The molecule has 4 rings (SSSR count). The maximum absolute atomic E-state index is 13.0. The van der Waals surface area contributed by atoms with E-state index in [4.69, 9.17) is 0 Å². The lowest BCUT2D eigenvalue weighted by atomic mass is 10.0. The van der Waals surface area contributed by atoms with Gasteiger partial charge in [-0.2, -0.15) is 0 Å². The molecular formula is C24H22N2O3. The van der Waals surface area contributed by atoms with E-state index in [0.29, 0.717) is 17.8 Å². The number of hydrogen-bond donors (Lipinski definition) is 1. The number of nitrogens with one attached hydrogen (secondary N) is 1. The van der Waals surface area contributed by atoms with E-state index in [1.54, 1.807) is 29.2 Å². The maximum Gasteiger partial charge on any atom is 0.261 e. The first-order chi connectivity index (χ1) is 14.1. The van der Waals surface area contributed by atoms with Gasteiger partial charge >= 0.3 is 0 Å². The number of benzene rings is 2. The number of Topliss-reactive ketones (excluding diaryl/α,β-unsaturated/α-hetero) is 1. The minimum Gasteiger partial charge on any atom is -0.335 e. The summed E-state index contributed by atoms with van der Waals surface area (Å²) in [7, 11) is 0. The lowest BCUT2D eigenvalue weighted by Gasteiger charge is -2.24. The third-order valence-electron chi connectivity index (χ3n) is 5.38. The summed E-state index contributed by atoms with van der Waals surface area (Å²) >= 11 is 0. The molecule has 1 unspecified atom stereocenters. The molecule has 0 saturated carbocycles. The van der Waals surface area contributed by atoms with Crippen molar-refractivity contribution in [3.05, 3.63) is 94.3 Å². The third kappa shape index (κ3) is 4.04. The number of H-pyrrole nitrogens is 1. The van der Waals surface area contributed by atoms with Crippen LogP contribution in [0.25, 0.3) is 11.3 Å². The molecule has 3 aromatic rings. The number of aromatic nitrogens is 1. The molecule has 1 fully saturated rings. The van der Waals surface area contributed by atoms with Crippen molar-refractivity contribution in [2.75, 3.05) is 6.54 Å². The first-order valence-electron chi connectivity index (χ1n) is 9.81. The number of likely N-dealkylation sites (tertiary alicyclic amines) is 1. The molecule has 0 radical (unpaired) electrons. The van der Waals surface area contributed by atoms with Crippen LogP contribution in [0.4, 0.5) is 0 Å². The lowest BCUT2D eigenvalue weighted by Crippen LogP contribution is -2.39. The van der Waals surface area contributed by atoms with E-state index in [2.05, 4.69) is 4.98 Å². The average molecular weight is 386 g/mol. The van der Waals surface area contributed by atoms with Crippen LogP contribution in [0.2, 0.25) is 0 Å². The number of pyridine rings is 1. The van der Waals surface area contributed by atoms with E-state index in [1.807, 2.05) is 48.5 Å². The van der Waals surface area contributed by atoms with Gasteiger partial charge in [-0.25, -0.2) is 0 Å². The highest BCUT2D eigenvalue weighted by Crippen LogP contribution is 2.24. The Hall–Kier alpha value is -3.47. The number of carbonyl (C=O) groups is 2. The molecule has 2 heterocycles. The van der Waals surface area contributed by atoms with Gasteiger partial charge in [0.15, 0.2) is 5.78 Å². The molecule has 0 bridgehead atoms. The summed E-state index contributed by atoms with van der Waals surface area (Å²) < 4.78 is 0. The standard InChI is InChI=1S/C24H22N2O3/c27-22(18-10-5-2-6-11-18)16-19-12-7-15-26(19)24(29)20-13-14-21(25-23(20)28)17-8-3-1-4-9-17/h1-6,8-11,13-14,19H,7,12,15-16H2,(H,25,28). The average Bonchev–Trinajstić information content (AvgIpc) is 3.22. The van der Waals surface area contributed by atoms with Crippen LogP contribution in [-0.2, 0) is 0 Å². The number of ketones is 1. The van der Waals surface area contributed by atoms with Gasteiger partial charge < -0.3 is 9.88 Å². The van der Waals surface area contributed by atoms with Crippen molar-refractivity contribution in [3.63, 3.8) is 0 Å². The van der Waals surface area contributed by atoms with Crippen LogP contribution in [0.3, 0.4) is 0 Å². The zero-order valence-corrected chi connectivity index (χ0v) is 16.0. The molecule has 0 spiro atoms. The van der Waals surface area contributed by atoms with E-state index in [0.717, 1.165) is 18.4 Å². The maximum atomic E-state index is 13.0. The highest BCUT2D eigenvalue weighted by atomic mass is 16.2. The van der Waals surface area contributed by atoms with Crippen LogP contribution >= 0.6 is 0 Å². The molecule has 1 aliphatic heterocycles. The third-order valence-corrected chi connectivity index (χ3v) is 5.38. The Kier molecular flexibility index (Phi) is 5.38. The molecule has 1 aromatic heterocycles. The molecule has 29 heavy (non-hydrogen) atoms. The van der Waals surface area contributed by atoms with E-state index in [-0.39, 0.29) is 29.7 Å². The van der Waals surface area contributed by atoms with Crippen LogP contribution in [0, 0.1) is 0 Å². The van der Waals surface area contributed by atoms with Gasteiger partial charge in [0.1, 0.15) is 5.56 Å². The molecule has 2 aromatic carbocycles. The van der Waals surface area contributed by atoms with E-state index < -0.39 is 5.56 Å². The Labute approximate surface area is 169 Å². The Morgan fingerprint density at radius 1 is 0.931 bits per heavy atom. The van der Waals surface area contributed by atoms with Gasteiger partial charge in [-0.15, -0.1) is 0 Å². The fraction of sp³-hybridized carbons (Fsp3) is 0.208. The van der Waals surface area contributed by atoms with Crippen molar-refractivity contribution < 1.29 is 9.59 Å². The lowest BCUT2D eigenvalue weighted by molar-refractivity contribution is 0.0715. The van der Waals surface area contributed by atoms with Gasteiger partial charge in [0.2, 0.25) is 0 Å². The Morgan fingerprint density at radius 2 is 1.62 bits per heavy atom. The summed E-state index contributed by atoms with van der Waals surface area (Å²) in [5, 5.41) is 0. The summed E-state index contributed by atoms with van der Waals surface area (Å²) in [6.45, 7) is 0.561. The highest BCUT2D eigenvalue weighted by molar-refractivity contribution is 5.98. The quantitative estimate of drug-likeness (QED) is 0.676. The van der Waals surface area contributed by atoms with Crippen molar-refractivity contribution >= 4 is 11.7 Å². The van der Waals surface area contributed by atoms with Crippen molar-refractivity contribution in [3.8, 4) is 11.3 Å². The van der Waals surface area contributed by atoms with E-state index in [9.17, 15) is 14.4 Å². The first-order valence-corrected chi connectivity index (χ1v) is 9.81. The zero-order chi connectivity index (χ0) is 20.2. The topological polar surface area (TPSA) is 70.2 Å². The van der Waals surface area contributed by atoms with Gasteiger partial charge in [0.25, 0.3) is 11.5 Å². The Bertz CT molecular complexity index is 1070. The largest absolute Gasteiger partial charge is 0.335 e. The minimum atomic E-state index is -0.406. The number of aromatic amines is 1. The molecule has 146 valence electrons. The van der Waals surface area contributed by atoms with Crippen LogP contribution in [-0.4, -0.2) is 34.2 Å². The van der Waals surface area contributed by atoms with Gasteiger partial charge in [-0.3, -0.25) is 14.4 Å². The smallest absolute Gasteiger partial charge is 0.261 e. The molecule has 1 saturated heterocycles. The number of nitrogens with zero attached hydrogens (tertiary/aromatic N) is 1. The van der Waals surface area contributed by atoms with Crippen LogP contribution < -0.4 is 5.56 Å². The molecular weight excluding hydrogens is 364 g/mol. The minimum absolute atomic E-state index is 0.0173. The second-order valence-electron chi connectivity index (χ2n) is 7.27. The molecule has 1 atom stereocenters. The number of amides is 1. The van der Waals surface area contributed by atoms with Crippen LogP contribution in [0.1, 0.15) is 40.0 Å². The zero-order valence-electron chi connectivity index (χ0n) is 16.0. The molecule has 1 amide bonds. The van der Waals surface area contributed by atoms with Crippen LogP contribution in [0.5, 0.6) is 0 Å². The number of hydrogen-bond acceptors (Lipinski definition) is 3. The summed E-state index contributed by atoms with van der Waals surface area (Å²) in [4.78, 5) is 42.7. The SMILES string of the molecule is O=C(CC1CCCN1C(=O)c1ccc(-c2ccccc2)[nH]c1=O)c1ccccc1. The summed E-state index contributed by atoms with van der Waals surface area (Å²) in [5.41, 5.74) is 1.91. The Balaban J connectivity index is 1.52. The van der Waals surface area contributed by atoms with E-state index >= 15 is 0 Å². The van der Waals surface area contributed by atoms with Gasteiger partial charge in [-0.05, 0) is 30.5 Å². The summed E-state index contributed by atoms with van der Waals surface area (Å²) in [6, 6.07) is 21.8. The van der Waals surface area contributed by atoms with Crippen molar-refractivity contribution in [1.29, 1.82) is 0 Å². The molecule has 5 nitrogen and oxygen atoms in total. The van der Waals surface area contributed by atoms with Crippen molar-refractivity contribution in [2.45, 2.75) is 25.3 Å². The second-order valence-corrected chi connectivity index (χ2v) is 7.27. The number of carbonyl (C=O) groups excluding carboxylic acids is 2. The van der Waals surface area contributed by atoms with E-state index in [1.165, 1.54) is 0 Å². The Morgan fingerprint density at radius 3 is 2.31 bits per heavy atom. The van der Waals surface area contributed by atoms with Gasteiger partial charge in [0, 0.05) is 30.3 Å². The molecule has 5 heteroatoms. The fourth-order valence-electron chi connectivity index (χ4n) is 3.85. The summed E-state index contributed by atoms with van der Waals surface area (Å²) in [5.74, 6) is -0.294. The summed E-state index contributed by atoms with van der Waals surface area (Å²) in [6.07, 6.45) is 1.87. The van der Waals surface area contributed by atoms with Crippen LogP contribution in [0.15, 0.2) is 77.6 Å². The molecule has 1 N–H and O–H groups in total. The molecule has 0 aliphatic carbocycles. The predicted molar refractivity (Wildman–Crippen MR) is 112 cm³/mol. The normalized spacial score (nSPS) is 16.0. The fourth-order valence-corrected chi connectivity index (χ4v) is 3.85. The second kappa shape index (κ2) is 8.27. The number of rotatable bonds is 5. The monoisotopic (exact) mass is 386 g/mol. The van der Waals surface area contributed by atoms with Gasteiger partial charge in [-0.1, -0.05) is 60.7 Å². The first kappa shape index (κ1) is 18.9. The molecule has 1 aliphatic rings. The van der Waals surface area contributed by atoms with Gasteiger partial charge in [0.05, 0.1) is 0 Å². The highest BCUT2D eigenvalue weighted by Gasteiger charge is 2.32. The van der Waals surface area contributed by atoms with Crippen molar-refractivity contribution in [1.82, 2.24) is 9.88 Å². The van der Waals surface area contributed by atoms with Crippen molar-refractivity contribution in [2.24, 2.45) is 0 Å².